The highest BCUT2D eigenvalue weighted by molar-refractivity contribution is 7.09. The van der Waals surface area contributed by atoms with Crippen LogP contribution in [0.2, 0.25) is 0 Å². The molecule has 1 heterocycles. The number of likely N-dealkylation sites (N-methyl/N-ethyl adjacent to an activating group) is 1. The lowest BCUT2D eigenvalue weighted by atomic mass is 10.2. The van der Waals surface area contributed by atoms with Gasteiger partial charge in [0, 0.05) is 32.1 Å². The first-order valence-corrected chi connectivity index (χ1v) is 7.80. The summed E-state index contributed by atoms with van der Waals surface area (Å²) in [5, 5.41) is 11.6. The summed E-state index contributed by atoms with van der Waals surface area (Å²) in [4.78, 5) is 30.5. The van der Waals surface area contributed by atoms with Crippen molar-refractivity contribution in [2.24, 2.45) is 0 Å². The molecule has 0 aliphatic carbocycles. The van der Waals surface area contributed by atoms with Gasteiger partial charge in [-0.15, -0.1) is 11.3 Å². The van der Waals surface area contributed by atoms with Gasteiger partial charge in [-0.05, 0) is 13.5 Å². The number of carboxylic acids is 1. The van der Waals surface area contributed by atoms with E-state index in [-0.39, 0.29) is 18.4 Å². The van der Waals surface area contributed by atoms with Crippen molar-refractivity contribution in [2.75, 3.05) is 20.6 Å². The van der Waals surface area contributed by atoms with Crippen molar-refractivity contribution in [1.82, 2.24) is 14.8 Å². The Morgan fingerprint density at radius 3 is 2.62 bits per heavy atom. The average molecular weight is 313 g/mol. The molecule has 0 aromatic carbocycles. The maximum Gasteiger partial charge on any atom is 0.304 e. The van der Waals surface area contributed by atoms with Gasteiger partial charge in [0.15, 0.2) is 0 Å². The number of amides is 1. The summed E-state index contributed by atoms with van der Waals surface area (Å²) in [7, 11) is 3.45. The summed E-state index contributed by atoms with van der Waals surface area (Å²) in [5.41, 5.74) is 0.889. The number of hydrogen-bond acceptors (Lipinski definition) is 5. The van der Waals surface area contributed by atoms with E-state index in [0.717, 1.165) is 17.2 Å². The second-order valence-corrected chi connectivity index (χ2v) is 6.15. The summed E-state index contributed by atoms with van der Waals surface area (Å²) >= 11 is 1.47. The number of nitrogens with zero attached hydrogens (tertiary/aromatic N) is 3. The fourth-order valence-corrected chi connectivity index (χ4v) is 2.74. The van der Waals surface area contributed by atoms with Crippen LogP contribution in [0.4, 0.5) is 0 Å². The average Bonchev–Trinajstić information content (AvgIpc) is 2.82. The fraction of sp³-hybridized carbons (Fsp3) is 0.643. The lowest BCUT2D eigenvalue weighted by molar-refractivity contribution is -0.138. The molecule has 0 aliphatic heterocycles. The van der Waals surface area contributed by atoms with Crippen LogP contribution < -0.4 is 0 Å². The molecule has 0 bridgehead atoms. The zero-order valence-corrected chi connectivity index (χ0v) is 13.8. The third-order valence-corrected chi connectivity index (χ3v) is 4.16. The molecule has 1 rings (SSSR count). The summed E-state index contributed by atoms with van der Waals surface area (Å²) in [6.07, 6.45) is 0.429. The van der Waals surface area contributed by atoms with Crippen LogP contribution in [0, 0.1) is 0 Å². The highest BCUT2D eigenvalue weighted by atomic mass is 32.1. The second kappa shape index (κ2) is 8.09. The molecule has 0 spiro atoms. The molecule has 0 fully saturated rings. The predicted octanol–water partition coefficient (Wildman–Crippen LogP) is 1.46. The van der Waals surface area contributed by atoms with Gasteiger partial charge in [0.25, 0.3) is 0 Å². The van der Waals surface area contributed by atoms with Crippen molar-refractivity contribution in [3.05, 3.63) is 16.1 Å². The molecule has 0 saturated heterocycles. The SMILES string of the molecule is CCN(Cc1csc(CC(=O)N(C)C)n1)C(C)CC(=O)O. The zero-order chi connectivity index (χ0) is 16.0. The zero-order valence-electron chi connectivity index (χ0n) is 13.0. The number of hydrogen-bond donors (Lipinski definition) is 1. The number of rotatable bonds is 8. The van der Waals surface area contributed by atoms with Crippen LogP contribution in [0.1, 0.15) is 31.0 Å². The van der Waals surface area contributed by atoms with E-state index in [1.807, 2.05) is 19.2 Å². The standard InChI is InChI=1S/C14H23N3O3S/c1-5-17(10(2)6-14(19)20)8-11-9-21-12(15-11)7-13(18)16(3)4/h9-10H,5-8H2,1-4H3,(H,19,20). The van der Waals surface area contributed by atoms with Gasteiger partial charge in [-0.1, -0.05) is 6.92 Å². The van der Waals surface area contributed by atoms with Gasteiger partial charge < -0.3 is 10.0 Å². The van der Waals surface area contributed by atoms with Crippen LogP contribution in [-0.2, 0) is 22.6 Å². The number of carbonyl (C=O) groups excluding carboxylic acids is 1. The van der Waals surface area contributed by atoms with Crippen molar-refractivity contribution in [1.29, 1.82) is 0 Å². The summed E-state index contributed by atoms with van der Waals surface area (Å²) < 4.78 is 0. The Kier molecular flexibility index (Phi) is 6.77. The second-order valence-electron chi connectivity index (χ2n) is 5.21. The monoisotopic (exact) mass is 313 g/mol. The highest BCUT2D eigenvalue weighted by Gasteiger charge is 2.17. The van der Waals surface area contributed by atoms with Crippen molar-refractivity contribution in [2.45, 2.75) is 39.3 Å². The minimum atomic E-state index is -0.795. The van der Waals surface area contributed by atoms with Crippen molar-refractivity contribution < 1.29 is 14.7 Å². The number of aromatic nitrogens is 1. The van der Waals surface area contributed by atoms with Crippen LogP contribution in [0.25, 0.3) is 0 Å². The molecule has 1 amide bonds. The minimum absolute atomic E-state index is 0.0301. The molecule has 1 N–H and O–H groups in total. The van der Waals surface area contributed by atoms with E-state index in [2.05, 4.69) is 9.88 Å². The van der Waals surface area contributed by atoms with E-state index in [9.17, 15) is 9.59 Å². The molecule has 0 radical (unpaired) electrons. The number of thiazole rings is 1. The van der Waals surface area contributed by atoms with Gasteiger partial charge in [-0.3, -0.25) is 14.5 Å². The Morgan fingerprint density at radius 1 is 1.43 bits per heavy atom. The molecule has 21 heavy (non-hydrogen) atoms. The third kappa shape index (κ3) is 5.81. The van der Waals surface area contributed by atoms with E-state index in [0.29, 0.717) is 13.0 Å². The lowest BCUT2D eigenvalue weighted by Crippen LogP contribution is -2.34. The summed E-state index contributed by atoms with van der Waals surface area (Å²) in [6, 6.07) is -0.0407. The molecule has 7 heteroatoms. The smallest absolute Gasteiger partial charge is 0.304 e. The Balaban J connectivity index is 2.63. The predicted molar refractivity (Wildman–Crippen MR) is 82.3 cm³/mol. The molecule has 1 atom stereocenters. The van der Waals surface area contributed by atoms with Crippen molar-refractivity contribution in [3.8, 4) is 0 Å². The van der Waals surface area contributed by atoms with Gasteiger partial charge >= 0.3 is 5.97 Å². The molecule has 1 unspecified atom stereocenters. The Bertz CT molecular complexity index is 488. The largest absolute Gasteiger partial charge is 0.481 e. The van der Waals surface area contributed by atoms with Crippen LogP contribution in [0.15, 0.2) is 5.38 Å². The van der Waals surface area contributed by atoms with E-state index in [1.165, 1.54) is 11.3 Å². The molecular formula is C14H23N3O3S. The van der Waals surface area contributed by atoms with Crippen LogP contribution >= 0.6 is 11.3 Å². The Hall–Kier alpha value is -1.47. The number of carboxylic acid groups (broad SMARTS) is 1. The maximum atomic E-state index is 11.6. The quantitative estimate of drug-likeness (QED) is 0.786. The topological polar surface area (TPSA) is 73.7 Å². The van der Waals surface area contributed by atoms with Gasteiger partial charge in [-0.25, -0.2) is 4.98 Å². The van der Waals surface area contributed by atoms with E-state index >= 15 is 0 Å². The van der Waals surface area contributed by atoms with Gasteiger partial charge in [0.2, 0.25) is 5.91 Å². The maximum absolute atomic E-state index is 11.6. The summed E-state index contributed by atoms with van der Waals surface area (Å²) in [5.74, 6) is -0.765. The van der Waals surface area contributed by atoms with E-state index in [1.54, 1.807) is 19.0 Å². The Labute approximate surface area is 129 Å². The molecule has 0 saturated carbocycles. The number of carbonyl (C=O) groups is 2. The molecule has 6 nitrogen and oxygen atoms in total. The molecule has 0 aliphatic rings. The van der Waals surface area contributed by atoms with Gasteiger partial charge in [0.05, 0.1) is 18.5 Å². The molecule has 118 valence electrons. The van der Waals surface area contributed by atoms with Gasteiger partial charge in [0.1, 0.15) is 5.01 Å². The summed E-state index contributed by atoms with van der Waals surface area (Å²) in [6.45, 7) is 5.28. The van der Waals surface area contributed by atoms with Crippen molar-refractivity contribution in [3.63, 3.8) is 0 Å². The fourth-order valence-electron chi connectivity index (χ4n) is 1.96. The highest BCUT2D eigenvalue weighted by Crippen LogP contribution is 2.15. The first-order chi connectivity index (χ1) is 9.83. The van der Waals surface area contributed by atoms with Crippen molar-refractivity contribution >= 4 is 23.2 Å². The number of aliphatic carboxylic acids is 1. The molecule has 1 aromatic rings. The molecule has 1 aromatic heterocycles. The first kappa shape index (κ1) is 17.6. The van der Waals surface area contributed by atoms with Gasteiger partial charge in [-0.2, -0.15) is 0 Å². The lowest BCUT2D eigenvalue weighted by Gasteiger charge is -2.25. The van der Waals surface area contributed by atoms with Crippen LogP contribution in [0.3, 0.4) is 0 Å². The molecular weight excluding hydrogens is 290 g/mol. The normalized spacial score (nSPS) is 12.4. The van der Waals surface area contributed by atoms with Crippen LogP contribution in [0.5, 0.6) is 0 Å². The first-order valence-electron chi connectivity index (χ1n) is 6.92. The Morgan fingerprint density at radius 2 is 2.10 bits per heavy atom. The van der Waals surface area contributed by atoms with E-state index < -0.39 is 5.97 Å². The van der Waals surface area contributed by atoms with E-state index in [4.69, 9.17) is 5.11 Å². The third-order valence-electron chi connectivity index (χ3n) is 3.27. The minimum Gasteiger partial charge on any atom is -0.481 e. The van der Waals surface area contributed by atoms with Crippen LogP contribution in [-0.4, -0.2) is 58.4 Å².